The smallest absolute Gasteiger partial charge is 0.339 e. The highest BCUT2D eigenvalue weighted by Crippen LogP contribution is 2.28. The SMILES string of the molecule is CCOc1cc(/C=N\NC(=O)Nc2ccccc2)ccc1OCCOc1ccc([C@@H](C)CC)cc1. The van der Waals surface area contributed by atoms with Gasteiger partial charge in [-0.1, -0.05) is 44.2 Å². The van der Waals surface area contributed by atoms with Gasteiger partial charge in [-0.3, -0.25) is 0 Å². The normalized spacial score (nSPS) is 11.6. The molecule has 0 fully saturated rings. The van der Waals surface area contributed by atoms with Gasteiger partial charge in [0.05, 0.1) is 12.8 Å². The predicted molar refractivity (Wildman–Crippen MR) is 140 cm³/mol. The molecule has 0 aliphatic heterocycles. The monoisotopic (exact) mass is 475 g/mol. The highest BCUT2D eigenvalue weighted by Gasteiger charge is 2.07. The van der Waals surface area contributed by atoms with Crippen molar-refractivity contribution in [3.05, 3.63) is 83.9 Å². The molecule has 3 aromatic rings. The van der Waals surface area contributed by atoms with E-state index in [2.05, 4.69) is 41.8 Å². The highest BCUT2D eigenvalue weighted by molar-refractivity contribution is 5.90. The molecule has 184 valence electrons. The Morgan fingerprint density at radius 3 is 2.37 bits per heavy atom. The Bertz CT molecular complexity index is 1090. The van der Waals surface area contributed by atoms with E-state index in [9.17, 15) is 4.79 Å². The molecule has 0 unspecified atom stereocenters. The van der Waals surface area contributed by atoms with Crippen molar-refractivity contribution in [2.45, 2.75) is 33.1 Å². The van der Waals surface area contributed by atoms with Crippen molar-refractivity contribution in [1.29, 1.82) is 0 Å². The van der Waals surface area contributed by atoms with Gasteiger partial charge in [-0.25, -0.2) is 10.2 Å². The average molecular weight is 476 g/mol. The molecule has 3 rings (SSSR count). The zero-order valence-electron chi connectivity index (χ0n) is 20.5. The van der Waals surface area contributed by atoms with Crippen LogP contribution in [-0.4, -0.2) is 32.1 Å². The number of para-hydroxylation sites is 1. The molecule has 0 aliphatic carbocycles. The molecule has 7 nitrogen and oxygen atoms in total. The van der Waals surface area contributed by atoms with Gasteiger partial charge in [0.1, 0.15) is 19.0 Å². The van der Waals surface area contributed by atoms with Crippen LogP contribution in [0.1, 0.15) is 44.2 Å². The molecule has 1 atom stereocenters. The molecule has 0 heterocycles. The lowest BCUT2D eigenvalue weighted by Gasteiger charge is -2.14. The molecule has 0 radical (unpaired) electrons. The maximum Gasteiger partial charge on any atom is 0.339 e. The molecular weight excluding hydrogens is 442 g/mol. The molecule has 0 bridgehead atoms. The van der Waals surface area contributed by atoms with Gasteiger partial charge in [-0.05, 0) is 72.9 Å². The van der Waals surface area contributed by atoms with Crippen LogP contribution in [-0.2, 0) is 0 Å². The van der Waals surface area contributed by atoms with Gasteiger partial charge >= 0.3 is 6.03 Å². The summed E-state index contributed by atoms with van der Waals surface area (Å²) in [6.07, 6.45) is 2.66. The van der Waals surface area contributed by atoms with Crippen LogP contribution in [0.25, 0.3) is 0 Å². The van der Waals surface area contributed by atoms with Crippen LogP contribution >= 0.6 is 0 Å². The number of hydrazone groups is 1. The number of hydrogen-bond acceptors (Lipinski definition) is 5. The molecule has 0 spiro atoms. The van der Waals surface area contributed by atoms with Crippen LogP contribution in [0.4, 0.5) is 10.5 Å². The molecule has 35 heavy (non-hydrogen) atoms. The van der Waals surface area contributed by atoms with Gasteiger partial charge in [-0.15, -0.1) is 0 Å². The molecule has 0 saturated heterocycles. The number of benzene rings is 3. The van der Waals surface area contributed by atoms with Gasteiger partial charge in [0.2, 0.25) is 0 Å². The summed E-state index contributed by atoms with van der Waals surface area (Å²) in [5.41, 5.74) is 5.21. The number of carbonyl (C=O) groups is 1. The summed E-state index contributed by atoms with van der Waals surface area (Å²) in [6, 6.07) is 22.4. The molecule has 7 heteroatoms. The summed E-state index contributed by atoms with van der Waals surface area (Å²) < 4.78 is 17.4. The Balaban J connectivity index is 1.49. The van der Waals surface area contributed by atoms with E-state index in [4.69, 9.17) is 14.2 Å². The minimum atomic E-state index is -0.424. The van der Waals surface area contributed by atoms with E-state index in [0.717, 1.165) is 17.7 Å². The van der Waals surface area contributed by atoms with Crippen LogP contribution in [0.5, 0.6) is 17.2 Å². The number of amides is 2. The molecule has 2 amide bonds. The van der Waals surface area contributed by atoms with Gasteiger partial charge in [0, 0.05) is 5.69 Å². The second-order valence-corrected chi connectivity index (χ2v) is 7.90. The number of ether oxygens (including phenoxy) is 3. The summed E-state index contributed by atoms with van der Waals surface area (Å²) in [4.78, 5) is 11.9. The fraction of sp³-hybridized carbons (Fsp3) is 0.286. The van der Waals surface area contributed by atoms with E-state index in [-0.39, 0.29) is 0 Å². The van der Waals surface area contributed by atoms with Gasteiger partial charge in [-0.2, -0.15) is 5.10 Å². The lowest BCUT2D eigenvalue weighted by Crippen LogP contribution is -2.24. The van der Waals surface area contributed by atoms with E-state index in [0.29, 0.717) is 42.9 Å². The Labute approximate surface area is 207 Å². The number of nitrogens with zero attached hydrogens (tertiary/aromatic N) is 1. The fourth-order valence-electron chi connectivity index (χ4n) is 3.28. The number of rotatable bonds is 12. The average Bonchev–Trinajstić information content (AvgIpc) is 2.88. The number of hydrogen-bond donors (Lipinski definition) is 2. The number of nitrogens with one attached hydrogen (secondary N) is 2. The van der Waals surface area contributed by atoms with Gasteiger partial charge < -0.3 is 19.5 Å². The van der Waals surface area contributed by atoms with E-state index in [1.807, 2.05) is 55.5 Å². The third-order valence-corrected chi connectivity index (χ3v) is 5.35. The molecule has 0 aromatic heterocycles. The van der Waals surface area contributed by atoms with E-state index < -0.39 is 6.03 Å². The van der Waals surface area contributed by atoms with Crippen LogP contribution in [0.2, 0.25) is 0 Å². The summed E-state index contributed by atoms with van der Waals surface area (Å²) in [5, 5.41) is 6.70. The topological polar surface area (TPSA) is 81.2 Å². The van der Waals surface area contributed by atoms with Gasteiger partial charge in [0.25, 0.3) is 0 Å². The molecule has 2 N–H and O–H groups in total. The maximum atomic E-state index is 11.9. The largest absolute Gasteiger partial charge is 0.490 e. The highest BCUT2D eigenvalue weighted by atomic mass is 16.5. The van der Waals surface area contributed by atoms with Crippen molar-refractivity contribution in [1.82, 2.24) is 5.43 Å². The van der Waals surface area contributed by atoms with Crippen molar-refractivity contribution in [2.24, 2.45) is 5.10 Å². The standard InChI is InChI=1S/C28H33N3O4/c1-4-21(3)23-12-14-25(15-13-23)34-17-18-35-26-16-11-22(19-27(26)33-5-2)20-29-31-28(32)30-24-9-7-6-8-10-24/h6-16,19-21H,4-5,17-18H2,1-3H3,(H2,30,31,32)/b29-20-/t21-/m0/s1. The number of urea groups is 1. The Kier molecular flexibility index (Phi) is 9.99. The Hall–Kier alpha value is -4.00. The first-order valence-corrected chi connectivity index (χ1v) is 11.9. The number of carbonyl (C=O) groups excluding carboxylic acids is 1. The third-order valence-electron chi connectivity index (χ3n) is 5.35. The molecule has 0 saturated carbocycles. The minimum absolute atomic E-state index is 0.377. The van der Waals surface area contributed by atoms with Crippen molar-refractivity contribution >= 4 is 17.9 Å². The van der Waals surface area contributed by atoms with Crippen LogP contribution in [0.3, 0.4) is 0 Å². The summed E-state index contributed by atoms with van der Waals surface area (Å²) in [6.45, 7) is 7.60. The van der Waals surface area contributed by atoms with Crippen LogP contribution < -0.4 is 25.0 Å². The summed E-state index contributed by atoms with van der Waals surface area (Å²) in [5.74, 6) is 2.58. The lowest BCUT2D eigenvalue weighted by molar-refractivity contribution is 0.208. The van der Waals surface area contributed by atoms with Gasteiger partial charge in [0.15, 0.2) is 11.5 Å². The summed E-state index contributed by atoms with van der Waals surface area (Å²) >= 11 is 0. The summed E-state index contributed by atoms with van der Waals surface area (Å²) in [7, 11) is 0. The van der Waals surface area contributed by atoms with Crippen LogP contribution in [0.15, 0.2) is 77.9 Å². The third kappa shape index (κ3) is 8.37. The second kappa shape index (κ2) is 13.6. The van der Waals surface area contributed by atoms with E-state index >= 15 is 0 Å². The van der Waals surface area contributed by atoms with Crippen LogP contribution in [0, 0.1) is 0 Å². The Morgan fingerprint density at radius 2 is 1.66 bits per heavy atom. The Morgan fingerprint density at radius 1 is 0.914 bits per heavy atom. The molecule has 3 aromatic carbocycles. The first-order valence-electron chi connectivity index (χ1n) is 11.9. The molecular formula is C28H33N3O4. The second-order valence-electron chi connectivity index (χ2n) is 7.90. The maximum absolute atomic E-state index is 11.9. The van der Waals surface area contributed by atoms with Crippen molar-refractivity contribution in [3.63, 3.8) is 0 Å². The van der Waals surface area contributed by atoms with E-state index in [1.165, 1.54) is 5.56 Å². The van der Waals surface area contributed by atoms with Crippen molar-refractivity contribution in [2.75, 3.05) is 25.1 Å². The fourth-order valence-corrected chi connectivity index (χ4v) is 3.28. The predicted octanol–water partition coefficient (Wildman–Crippen LogP) is 6.21. The van der Waals surface area contributed by atoms with E-state index in [1.54, 1.807) is 18.3 Å². The zero-order valence-corrected chi connectivity index (χ0v) is 20.5. The molecule has 0 aliphatic rings. The number of anilines is 1. The lowest BCUT2D eigenvalue weighted by atomic mass is 9.99. The van der Waals surface area contributed by atoms with Crippen molar-refractivity contribution < 1.29 is 19.0 Å². The quantitative estimate of drug-likeness (QED) is 0.185. The first kappa shape index (κ1) is 25.6. The zero-order chi connectivity index (χ0) is 24.9. The minimum Gasteiger partial charge on any atom is -0.490 e. The first-order chi connectivity index (χ1) is 17.1. The van der Waals surface area contributed by atoms with Crippen molar-refractivity contribution in [3.8, 4) is 17.2 Å².